The summed E-state index contributed by atoms with van der Waals surface area (Å²) in [6.45, 7) is 6.05. The molecule has 0 amide bonds. The molecule has 0 bridgehead atoms. The number of benzene rings is 1. The quantitative estimate of drug-likeness (QED) is 0.678. The molecular weight excluding hydrogens is 350 g/mol. The van der Waals surface area contributed by atoms with E-state index >= 15 is 0 Å². The second-order valence-electron chi connectivity index (χ2n) is 7.57. The van der Waals surface area contributed by atoms with Crippen LogP contribution < -0.4 is 9.64 Å². The summed E-state index contributed by atoms with van der Waals surface area (Å²) in [6.07, 6.45) is 3.43. The molecule has 0 saturated carbocycles. The highest BCUT2D eigenvalue weighted by atomic mass is 16.5. The number of rotatable bonds is 5. The Morgan fingerprint density at radius 1 is 1.00 bits per heavy atom. The van der Waals surface area contributed by atoms with Crippen molar-refractivity contribution in [1.82, 2.24) is 20.0 Å². The maximum absolute atomic E-state index is 5.34. The van der Waals surface area contributed by atoms with E-state index in [1.54, 1.807) is 7.11 Å². The lowest BCUT2D eigenvalue weighted by Crippen LogP contribution is -2.35. The summed E-state index contributed by atoms with van der Waals surface area (Å²) in [7, 11) is 1.72. The van der Waals surface area contributed by atoms with Gasteiger partial charge in [0.1, 0.15) is 5.75 Å². The molecule has 1 aromatic carbocycles. The first-order valence-electron chi connectivity index (χ1n) is 9.87. The van der Waals surface area contributed by atoms with Crippen molar-refractivity contribution in [3.63, 3.8) is 0 Å². The number of piperidine rings is 1. The highest BCUT2D eigenvalue weighted by Crippen LogP contribution is 2.26. The zero-order chi connectivity index (χ0) is 19.5. The van der Waals surface area contributed by atoms with Gasteiger partial charge in [0.15, 0.2) is 11.6 Å². The van der Waals surface area contributed by atoms with E-state index in [-0.39, 0.29) is 0 Å². The largest absolute Gasteiger partial charge is 0.497 e. The maximum atomic E-state index is 5.34. The molecule has 2 aromatic heterocycles. The lowest BCUT2D eigenvalue weighted by Gasteiger charge is -2.32. The number of ether oxygens (including phenoxy) is 1. The molecule has 0 radical (unpaired) electrons. The van der Waals surface area contributed by atoms with Crippen molar-refractivity contribution in [1.29, 1.82) is 0 Å². The number of hydrogen-bond acceptors (Lipinski definition) is 5. The van der Waals surface area contributed by atoms with Gasteiger partial charge >= 0.3 is 0 Å². The lowest BCUT2D eigenvalue weighted by molar-refractivity contribution is 0.397. The summed E-state index contributed by atoms with van der Waals surface area (Å²) in [5.74, 6) is 3.35. The Morgan fingerprint density at radius 2 is 1.75 bits per heavy atom. The molecule has 6 nitrogen and oxygen atoms in total. The Kier molecular flexibility index (Phi) is 5.28. The van der Waals surface area contributed by atoms with Crippen molar-refractivity contribution in [2.75, 3.05) is 25.1 Å². The summed E-state index contributed by atoms with van der Waals surface area (Å²) in [4.78, 5) is 2.33. The number of hydrogen-bond donors (Lipinski definition) is 0. The molecule has 6 heteroatoms. The van der Waals surface area contributed by atoms with Crippen LogP contribution in [0.4, 0.5) is 5.82 Å². The topological polar surface area (TPSA) is 56.1 Å². The van der Waals surface area contributed by atoms with Gasteiger partial charge in [-0.3, -0.25) is 0 Å². The summed E-state index contributed by atoms with van der Waals surface area (Å²) in [5, 5.41) is 13.3. The molecule has 1 saturated heterocycles. The Morgan fingerprint density at radius 3 is 2.39 bits per heavy atom. The fourth-order valence-electron chi connectivity index (χ4n) is 3.96. The van der Waals surface area contributed by atoms with Gasteiger partial charge in [-0.2, -0.15) is 5.10 Å². The van der Waals surface area contributed by atoms with Crippen LogP contribution in [-0.4, -0.2) is 40.2 Å². The predicted molar refractivity (Wildman–Crippen MR) is 110 cm³/mol. The molecule has 0 N–H and O–H groups in total. The summed E-state index contributed by atoms with van der Waals surface area (Å²) in [6, 6.07) is 14.5. The average Bonchev–Trinajstić information content (AvgIpc) is 3.07. The van der Waals surface area contributed by atoms with Gasteiger partial charge in [-0.05, 0) is 74.9 Å². The second kappa shape index (κ2) is 8.00. The average molecular weight is 377 g/mol. The third-order valence-electron chi connectivity index (χ3n) is 5.46. The number of nitrogens with zero attached hydrogens (tertiary/aromatic N) is 5. The van der Waals surface area contributed by atoms with Gasteiger partial charge in [0.05, 0.1) is 12.8 Å². The van der Waals surface area contributed by atoms with E-state index in [0.717, 1.165) is 61.1 Å². The SMILES string of the molecule is COc1cccc(CC2CCN(c3ccc(-n4nc(C)cc4C)nn3)CC2)c1. The zero-order valence-electron chi connectivity index (χ0n) is 16.8. The van der Waals surface area contributed by atoms with Crippen LogP contribution >= 0.6 is 0 Å². The Labute approximate surface area is 166 Å². The van der Waals surface area contributed by atoms with E-state index in [1.165, 1.54) is 5.56 Å². The number of aryl methyl sites for hydroxylation is 2. The van der Waals surface area contributed by atoms with Gasteiger partial charge < -0.3 is 9.64 Å². The molecule has 28 heavy (non-hydrogen) atoms. The van der Waals surface area contributed by atoms with Crippen LogP contribution in [0, 0.1) is 19.8 Å². The van der Waals surface area contributed by atoms with E-state index < -0.39 is 0 Å². The molecule has 1 aliphatic rings. The van der Waals surface area contributed by atoms with E-state index in [4.69, 9.17) is 4.74 Å². The fourth-order valence-corrected chi connectivity index (χ4v) is 3.96. The van der Waals surface area contributed by atoms with Crippen LogP contribution in [0.3, 0.4) is 0 Å². The number of anilines is 1. The molecule has 0 aliphatic carbocycles. The maximum Gasteiger partial charge on any atom is 0.176 e. The molecule has 3 aromatic rings. The van der Waals surface area contributed by atoms with Crippen molar-refractivity contribution in [3.05, 3.63) is 59.4 Å². The van der Waals surface area contributed by atoms with E-state index in [0.29, 0.717) is 5.92 Å². The minimum Gasteiger partial charge on any atom is -0.497 e. The highest BCUT2D eigenvalue weighted by molar-refractivity contribution is 5.40. The van der Waals surface area contributed by atoms with Crippen molar-refractivity contribution in [2.45, 2.75) is 33.1 Å². The van der Waals surface area contributed by atoms with Gasteiger partial charge in [0, 0.05) is 18.8 Å². The van der Waals surface area contributed by atoms with E-state index in [1.807, 2.05) is 36.7 Å². The second-order valence-corrected chi connectivity index (χ2v) is 7.57. The lowest BCUT2D eigenvalue weighted by atomic mass is 9.90. The molecule has 0 atom stereocenters. The standard InChI is InChI=1S/C22H27N5O/c1-16-13-17(2)27(25-16)22-8-7-21(23-24-22)26-11-9-18(10-12-26)14-19-5-4-6-20(15-19)28-3/h4-8,13,15,18H,9-12,14H2,1-3H3. The summed E-state index contributed by atoms with van der Waals surface area (Å²) >= 11 is 0. The molecule has 1 fully saturated rings. The van der Waals surface area contributed by atoms with Gasteiger partial charge in [-0.25, -0.2) is 4.68 Å². The molecular formula is C22H27N5O. The minimum atomic E-state index is 0.699. The van der Waals surface area contributed by atoms with Crippen molar-refractivity contribution in [2.24, 2.45) is 5.92 Å². The van der Waals surface area contributed by atoms with E-state index in [2.05, 4.69) is 44.5 Å². The van der Waals surface area contributed by atoms with Gasteiger partial charge in [-0.1, -0.05) is 12.1 Å². The normalized spacial score (nSPS) is 15.0. The van der Waals surface area contributed by atoms with Crippen LogP contribution in [0.2, 0.25) is 0 Å². The predicted octanol–water partition coefficient (Wildman–Crippen LogP) is 3.75. The summed E-state index contributed by atoms with van der Waals surface area (Å²) < 4.78 is 7.18. The van der Waals surface area contributed by atoms with Crippen LogP contribution in [0.1, 0.15) is 29.8 Å². The van der Waals surface area contributed by atoms with Gasteiger partial charge in [0.25, 0.3) is 0 Å². The fraction of sp³-hybridized carbons (Fsp3) is 0.409. The van der Waals surface area contributed by atoms with Gasteiger partial charge in [-0.15, -0.1) is 10.2 Å². The van der Waals surface area contributed by atoms with Crippen molar-refractivity contribution >= 4 is 5.82 Å². The molecule has 1 aliphatic heterocycles. The van der Waals surface area contributed by atoms with Crippen LogP contribution in [0.5, 0.6) is 5.75 Å². The van der Waals surface area contributed by atoms with Gasteiger partial charge in [0.2, 0.25) is 0 Å². The van der Waals surface area contributed by atoms with E-state index in [9.17, 15) is 0 Å². The summed E-state index contributed by atoms with van der Waals surface area (Å²) in [5.41, 5.74) is 3.41. The number of methoxy groups -OCH3 is 1. The Hall–Kier alpha value is -2.89. The zero-order valence-corrected chi connectivity index (χ0v) is 16.8. The molecule has 4 rings (SSSR count). The van der Waals surface area contributed by atoms with Crippen LogP contribution in [0.15, 0.2) is 42.5 Å². The van der Waals surface area contributed by atoms with Crippen molar-refractivity contribution in [3.8, 4) is 11.6 Å². The molecule has 146 valence electrons. The number of aromatic nitrogens is 4. The first-order valence-corrected chi connectivity index (χ1v) is 9.87. The monoisotopic (exact) mass is 377 g/mol. The molecule has 3 heterocycles. The van der Waals surface area contributed by atoms with Crippen LogP contribution in [-0.2, 0) is 6.42 Å². The third kappa shape index (κ3) is 4.01. The first kappa shape index (κ1) is 18.5. The Balaban J connectivity index is 1.36. The van der Waals surface area contributed by atoms with Crippen LogP contribution in [0.25, 0.3) is 5.82 Å². The first-order chi connectivity index (χ1) is 13.6. The molecule has 0 unspecified atom stereocenters. The highest BCUT2D eigenvalue weighted by Gasteiger charge is 2.21. The smallest absolute Gasteiger partial charge is 0.176 e. The molecule has 0 spiro atoms. The minimum absolute atomic E-state index is 0.699. The Bertz CT molecular complexity index is 926. The third-order valence-corrected chi connectivity index (χ3v) is 5.46. The van der Waals surface area contributed by atoms with Crippen molar-refractivity contribution < 1.29 is 4.74 Å².